The first-order chi connectivity index (χ1) is 10.4. The third kappa shape index (κ3) is 3.85. The van der Waals surface area contributed by atoms with Crippen molar-refractivity contribution in [2.45, 2.75) is 13.8 Å². The molecule has 0 aliphatic heterocycles. The summed E-state index contributed by atoms with van der Waals surface area (Å²) >= 11 is 3.34. The zero-order chi connectivity index (χ0) is 16.3. The van der Waals surface area contributed by atoms with Crippen LogP contribution in [0, 0.1) is 13.8 Å². The molecule has 2 aromatic rings. The number of rotatable bonds is 2. The van der Waals surface area contributed by atoms with Crippen molar-refractivity contribution >= 4 is 44.8 Å². The highest BCUT2D eigenvalue weighted by atomic mass is 79.9. The van der Waals surface area contributed by atoms with E-state index in [9.17, 15) is 9.59 Å². The fourth-order valence-electron chi connectivity index (χ4n) is 1.90. The summed E-state index contributed by atoms with van der Waals surface area (Å²) < 4.78 is 0.903. The van der Waals surface area contributed by atoms with Crippen LogP contribution in [0.3, 0.4) is 0 Å². The van der Waals surface area contributed by atoms with Crippen molar-refractivity contribution in [1.82, 2.24) is 0 Å². The van der Waals surface area contributed by atoms with E-state index in [4.69, 9.17) is 5.73 Å². The first-order valence-corrected chi connectivity index (χ1v) is 7.40. The van der Waals surface area contributed by atoms with Crippen molar-refractivity contribution in [3.05, 3.63) is 52.0 Å². The van der Waals surface area contributed by atoms with Crippen LogP contribution in [-0.2, 0) is 9.59 Å². The van der Waals surface area contributed by atoms with Crippen LogP contribution in [0.15, 0.2) is 40.9 Å². The Balaban J connectivity index is 2.09. The Morgan fingerprint density at radius 1 is 0.955 bits per heavy atom. The topological polar surface area (TPSA) is 84.2 Å². The molecule has 0 spiro atoms. The van der Waals surface area contributed by atoms with Crippen LogP contribution in [0.4, 0.5) is 17.1 Å². The average molecular weight is 362 g/mol. The van der Waals surface area contributed by atoms with Crippen LogP contribution in [0.2, 0.25) is 0 Å². The maximum absolute atomic E-state index is 12.0. The van der Waals surface area contributed by atoms with Crippen molar-refractivity contribution in [1.29, 1.82) is 0 Å². The lowest BCUT2D eigenvalue weighted by atomic mass is 10.2. The minimum Gasteiger partial charge on any atom is -0.397 e. The monoisotopic (exact) mass is 361 g/mol. The SMILES string of the molecule is Cc1ccc(N)c(NC(=O)C(=O)Nc2ccc(Br)cc2C)c1. The van der Waals surface area contributed by atoms with Crippen molar-refractivity contribution in [3.8, 4) is 0 Å². The number of aryl methyl sites for hydroxylation is 2. The Kier molecular flexibility index (Phi) is 4.82. The van der Waals surface area contributed by atoms with Gasteiger partial charge in [0.25, 0.3) is 0 Å². The molecule has 0 unspecified atom stereocenters. The van der Waals surface area contributed by atoms with Crippen LogP contribution < -0.4 is 16.4 Å². The summed E-state index contributed by atoms with van der Waals surface area (Å²) in [6.45, 7) is 3.72. The number of amides is 2. The van der Waals surface area contributed by atoms with Crippen molar-refractivity contribution < 1.29 is 9.59 Å². The summed E-state index contributed by atoms with van der Waals surface area (Å²) in [6.07, 6.45) is 0. The number of carbonyl (C=O) groups is 2. The summed E-state index contributed by atoms with van der Waals surface area (Å²) in [7, 11) is 0. The van der Waals surface area contributed by atoms with E-state index in [0.717, 1.165) is 15.6 Å². The maximum atomic E-state index is 12.0. The molecule has 2 amide bonds. The molecule has 22 heavy (non-hydrogen) atoms. The van der Waals surface area contributed by atoms with E-state index in [1.54, 1.807) is 24.3 Å². The molecule has 6 heteroatoms. The zero-order valence-corrected chi connectivity index (χ0v) is 13.8. The minimum atomic E-state index is -0.764. The molecule has 0 aliphatic carbocycles. The molecular formula is C16H16BrN3O2. The van der Waals surface area contributed by atoms with Gasteiger partial charge in [0.05, 0.1) is 11.4 Å². The number of hydrogen-bond acceptors (Lipinski definition) is 3. The van der Waals surface area contributed by atoms with E-state index in [0.29, 0.717) is 17.1 Å². The molecular weight excluding hydrogens is 346 g/mol. The quantitative estimate of drug-likeness (QED) is 0.567. The zero-order valence-electron chi connectivity index (χ0n) is 12.2. The maximum Gasteiger partial charge on any atom is 0.314 e. The fraction of sp³-hybridized carbons (Fsp3) is 0.125. The molecule has 0 saturated heterocycles. The highest BCUT2D eigenvalue weighted by molar-refractivity contribution is 9.10. The van der Waals surface area contributed by atoms with Crippen LogP contribution in [0.5, 0.6) is 0 Å². The van der Waals surface area contributed by atoms with Gasteiger partial charge in [-0.15, -0.1) is 0 Å². The fourth-order valence-corrected chi connectivity index (χ4v) is 2.38. The van der Waals surface area contributed by atoms with Gasteiger partial charge in [0.2, 0.25) is 0 Å². The van der Waals surface area contributed by atoms with Gasteiger partial charge in [0, 0.05) is 10.2 Å². The summed E-state index contributed by atoms with van der Waals surface area (Å²) in [4.78, 5) is 23.9. The number of halogens is 1. The molecule has 0 saturated carbocycles. The lowest BCUT2D eigenvalue weighted by Gasteiger charge is -2.11. The van der Waals surface area contributed by atoms with Crippen molar-refractivity contribution in [2.24, 2.45) is 0 Å². The summed E-state index contributed by atoms with van der Waals surface area (Å²) in [5, 5.41) is 5.10. The Bertz CT molecular complexity index is 744. The number of nitrogen functional groups attached to an aromatic ring is 1. The summed E-state index contributed by atoms with van der Waals surface area (Å²) in [5.74, 6) is -1.51. The Morgan fingerprint density at radius 3 is 2.23 bits per heavy atom. The molecule has 0 aliphatic rings. The minimum absolute atomic E-state index is 0.409. The number of carbonyl (C=O) groups excluding carboxylic acids is 2. The second-order valence-corrected chi connectivity index (χ2v) is 5.87. The predicted molar refractivity (Wildman–Crippen MR) is 91.7 cm³/mol. The molecule has 0 heterocycles. The Morgan fingerprint density at radius 2 is 1.59 bits per heavy atom. The molecule has 0 atom stereocenters. The molecule has 0 aromatic heterocycles. The normalized spacial score (nSPS) is 10.1. The molecule has 0 radical (unpaired) electrons. The van der Waals surface area contributed by atoms with E-state index in [2.05, 4.69) is 26.6 Å². The van der Waals surface area contributed by atoms with Gasteiger partial charge in [0.15, 0.2) is 0 Å². The highest BCUT2D eigenvalue weighted by Crippen LogP contribution is 2.21. The molecule has 2 aromatic carbocycles. The van der Waals surface area contributed by atoms with E-state index >= 15 is 0 Å². The first kappa shape index (κ1) is 16.0. The summed E-state index contributed by atoms with van der Waals surface area (Å²) in [5.41, 5.74) is 8.99. The van der Waals surface area contributed by atoms with Gasteiger partial charge in [-0.25, -0.2) is 0 Å². The van der Waals surface area contributed by atoms with Crippen molar-refractivity contribution in [2.75, 3.05) is 16.4 Å². The Labute approximate surface area is 137 Å². The van der Waals surface area contributed by atoms with Gasteiger partial charge in [-0.05, 0) is 55.3 Å². The molecule has 114 valence electrons. The largest absolute Gasteiger partial charge is 0.397 e. The number of benzene rings is 2. The van der Waals surface area contributed by atoms with E-state index in [1.807, 2.05) is 26.0 Å². The standard InChI is InChI=1S/C16H16BrN3O2/c1-9-3-5-12(18)14(7-9)20-16(22)15(21)19-13-6-4-11(17)8-10(13)2/h3-8H,18H2,1-2H3,(H,19,21)(H,20,22). The predicted octanol–water partition coefficient (Wildman–Crippen LogP) is 3.23. The van der Waals surface area contributed by atoms with Gasteiger partial charge in [-0.2, -0.15) is 0 Å². The third-order valence-corrected chi connectivity index (χ3v) is 3.59. The van der Waals surface area contributed by atoms with Gasteiger partial charge in [0.1, 0.15) is 0 Å². The van der Waals surface area contributed by atoms with Gasteiger partial charge in [-0.1, -0.05) is 22.0 Å². The second-order valence-electron chi connectivity index (χ2n) is 4.96. The van der Waals surface area contributed by atoms with E-state index in [1.165, 1.54) is 0 Å². The highest BCUT2D eigenvalue weighted by Gasteiger charge is 2.16. The third-order valence-electron chi connectivity index (χ3n) is 3.10. The van der Waals surface area contributed by atoms with E-state index in [-0.39, 0.29) is 0 Å². The first-order valence-electron chi connectivity index (χ1n) is 6.61. The number of nitrogens with one attached hydrogen (secondary N) is 2. The van der Waals surface area contributed by atoms with Crippen LogP contribution >= 0.6 is 15.9 Å². The molecule has 2 rings (SSSR count). The second kappa shape index (κ2) is 6.62. The summed E-state index contributed by atoms with van der Waals surface area (Å²) in [6, 6.07) is 10.6. The van der Waals surface area contributed by atoms with Gasteiger partial charge >= 0.3 is 11.8 Å². The Hall–Kier alpha value is -2.34. The van der Waals surface area contributed by atoms with Gasteiger partial charge < -0.3 is 16.4 Å². The molecule has 5 nitrogen and oxygen atoms in total. The number of nitrogens with two attached hydrogens (primary N) is 1. The number of anilines is 3. The average Bonchev–Trinajstić information content (AvgIpc) is 2.45. The molecule has 0 bridgehead atoms. The molecule has 4 N–H and O–H groups in total. The lowest BCUT2D eigenvalue weighted by Crippen LogP contribution is -2.29. The van der Waals surface area contributed by atoms with Crippen LogP contribution in [0.1, 0.15) is 11.1 Å². The van der Waals surface area contributed by atoms with Crippen LogP contribution in [0.25, 0.3) is 0 Å². The van der Waals surface area contributed by atoms with E-state index < -0.39 is 11.8 Å². The number of hydrogen-bond donors (Lipinski definition) is 3. The lowest BCUT2D eigenvalue weighted by molar-refractivity contribution is -0.132. The van der Waals surface area contributed by atoms with Gasteiger partial charge in [-0.3, -0.25) is 9.59 Å². The molecule has 0 fully saturated rings. The van der Waals surface area contributed by atoms with Crippen LogP contribution in [-0.4, -0.2) is 11.8 Å². The smallest absolute Gasteiger partial charge is 0.314 e. The van der Waals surface area contributed by atoms with Crippen molar-refractivity contribution in [3.63, 3.8) is 0 Å².